The molecule has 2 aliphatic carbocycles. The Hall–Kier alpha value is -6.52. The lowest BCUT2D eigenvalue weighted by molar-refractivity contribution is -0.137. The van der Waals surface area contributed by atoms with Crippen LogP contribution in [0, 0.1) is 22.9 Å². The average Bonchev–Trinajstić information content (AvgIpc) is 3.62. The second-order valence-corrected chi connectivity index (χ2v) is 12.6. The van der Waals surface area contributed by atoms with Gasteiger partial charge in [-0.25, -0.2) is 0 Å². The number of nitriles is 2. The summed E-state index contributed by atoms with van der Waals surface area (Å²) < 4.78 is 81.7. The third-order valence-electron chi connectivity index (χ3n) is 9.64. The number of hydrogen-bond donors (Lipinski definition) is 0. The van der Waals surface area contributed by atoms with Gasteiger partial charge >= 0.3 is 12.4 Å². The molecular formula is C42H22F6N4. The summed E-state index contributed by atoms with van der Waals surface area (Å²) in [6.45, 7) is 0. The molecule has 8 rings (SSSR count). The van der Waals surface area contributed by atoms with Gasteiger partial charge in [-0.3, -0.25) is 0 Å². The van der Waals surface area contributed by atoms with E-state index in [1.54, 1.807) is 36.4 Å². The van der Waals surface area contributed by atoms with E-state index in [-0.39, 0.29) is 6.42 Å². The Bertz CT molecular complexity index is 3000. The first-order valence-electron chi connectivity index (χ1n) is 16.1. The van der Waals surface area contributed by atoms with E-state index in [2.05, 4.69) is 9.98 Å². The fourth-order valence-electron chi connectivity index (χ4n) is 7.42. The van der Waals surface area contributed by atoms with Gasteiger partial charge in [0.15, 0.2) is 0 Å². The van der Waals surface area contributed by atoms with Crippen molar-refractivity contribution in [3.05, 3.63) is 142 Å². The zero-order valence-corrected chi connectivity index (χ0v) is 26.9. The lowest BCUT2D eigenvalue weighted by atomic mass is 9.96. The molecule has 52 heavy (non-hydrogen) atoms. The molecule has 10 heteroatoms. The number of rotatable bonds is 1. The van der Waals surface area contributed by atoms with Crippen molar-refractivity contribution >= 4 is 54.2 Å². The lowest BCUT2D eigenvalue weighted by Crippen LogP contribution is -2.16. The van der Waals surface area contributed by atoms with Crippen molar-refractivity contribution < 1.29 is 26.3 Å². The van der Waals surface area contributed by atoms with Gasteiger partial charge in [0.2, 0.25) is 12.4 Å². The van der Waals surface area contributed by atoms with Crippen molar-refractivity contribution in [3.8, 4) is 23.5 Å². The number of benzene rings is 4. The summed E-state index contributed by atoms with van der Waals surface area (Å²) in [7, 11) is 0. The highest BCUT2D eigenvalue weighted by Crippen LogP contribution is 2.36. The quantitative estimate of drug-likeness (QED) is 0.127. The van der Waals surface area contributed by atoms with Crippen molar-refractivity contribution in [2.45, 2.75) is 25.2 Å². The summed E-state index contributed by atoms with van der Waals surface area (Å²) in [5.74, 6) is 0. The van der Waals surface area contributed by atoms with Gasteiger partial charge in [-0.05, 0) is 98.1 Å². The van der Waals surface area contributed by atoms with Gasteiger partial charge in [0.25, 0.3) is 0 Å². The molecule has 0 aromatic heterocycles. The highest BCUT2D eigenvalue weighted by Gasteiger charge is 2.33. The van der Waals surface area contributed by atoms with Gasteiger partial charge in [0.1, 0.15) is 0 Å². The average molecular weight is 697 g/mol. The number of nitrogens with zero attached hydrogens (tertiary/aromatic N) is 4. The summed E-state index contributed by atoms with van der Waals surface area (Å²) in [4.78, 5) is 8.53. The molecule has 0 spiro atoms. The Morgan fingerprint density at radius 1 is 0.577 bits per heavy atom. The smallest absolute Gasteiger partial charge is 0.172 e. The number of fused-ring (bicyclic) bond motifs is 6. The third-order valence-corrected chi connectivity index (χ3v) is 9.64. The molecule has 0 bridgehead atoms. The van der Waals surface area contributed by atoms with Crippen LogP contribution in [0.2, 0.25) is 0 Å². The topological polar surface area (TPSA) is 72.3 Å². The third kappa shape index (κ3) is 5.32. The maximum atomic E-state index is 13.6. The van der Waals surface area contributed by atoms with E-state index in [0.29, 0.717) is 76.8 Å². The molecule has 0 saturated carbocycles. The molecule has 0 fully saturated rings. The molecule has 0 N–H and O–H groups in total. The standard InChI is InChI=1S/C42H22F6N4/c43-41(44,45)28-10-4-8-24(16-28)26-12-14-30-32-20-35-37(36(23-6-2-1-3-7-23)38(32)40(52-22-50)33(30)18-26)31-15-13-27(19-34(31)39(35)51-21-49)25-9-5-11-29(17-25)42(46,47)48/h1-6,8,10-20H,7,9H2. The molecule has 252 valence electrons. The van der Waals surface area contributed by atoms with Crippen LogP contribution in [-0.4, -0.2) is 6.18 Å². The summed E-state index contributed by atoms with van der Waals surface area (Å²) >= 11 is 0. The molecule has 0 unspecified atom stereocenters. The van der Waals surface area contributed by atoms with Crippen molar-refractivity contribution in [1.82, 2.24) is 0 Å². The summed E-state index contributed by atoms with van der Waals surface area (Å²) in [6.07, 6.45) is 7.01. The zero-order valence-electron chi connectivity index (χ0n) is 26.9. The van der Waals surface area contributed by atoms with Crippen LogP contribution in [0.5, 0.6) is 0 Å². The molecule has 6 aromatic carbocycles. The van der Waals surface area contributed by atoms with Crippen LogP contribution in [0.15, 0.2) is 125 Å². The molecule has 2 aliphatic rings. The largest absolute Gasteiger partial charge is 0.416 e. The first kappa shape index (κ1) is 32.7. The molecule has 4 nitrogen and oxygen atoms in total. The second-order valence-electron chi connectivity index (χ2n) is 12.6. The summed E-state index contributed by atoms with van der Waals surface area (Å²) in [5, 5.41) is 27.1. The summed E-state index contributed by atoms with van der Waals surface area (Å²) in [6, 6.07) is 17.5. The SMILES string of the molecule is N#CN=c1c2cc(=C3C=C(C(F)(F)F)C=CC3)ccc2c2c(=C3C=CC=CC3)c3c(=NC#N)c4cc(-c5cccc(C(F)(F)F)c5)ccc4c3cc12. The molecule has 0 amide bonds. The van der Waals surface area contributed by atoms with E-state index in [0.717, 1.165) is 40.5 Å². The highest BCUT2D eigenvalue weighted by atomic mass is 19.4. The van der Waals surface area contributed by atoms with Crippen molar-refractivity contribution in [3.63, 3.8) is 0 Å². The lowest BCUT2D eigenvalue weighted by Gasteiger charge is -2.13. The van der Waals surface area contributed by atoms with Crippen molar-refractivity contribution in [2.75, 3.05) is 0 Å². The Labute approximate surface area is 290 Å². The number of alkyl halides is 6. The van der Waals surface area contributed by atoms with Gasteiger partial charge in [0.05, 0.1) is 21.9 Å². The minimum absolute atomic E-state index is 0.290. The van der Waals surface area contributed by atoms with Gasteiger partial charge in [-0.1, -0.05) is 72.9 Å². The predicted molar refractivity (Wildman–Crippen MR) is 188 cm³/mol. The number of halogens is 6. The van der Waals surface area contributed by atoms with Crippen LogP contribution in [0.25, 0.3) is 65.4 Å². The van der Waals surface area contributed by atoms with Crippen LogP contribution in [0.3, 0.4) is 0 Å². The monoisotopic (exact) mass is 696 g/mol. The Morgan fingerprint density at radius 2 is 1.31 bits per heavy atom. The van der Waals surface area contributed by atoms with E-state index in [1.807, 2.05) is 48.8 Å². The van der Waals surface area contributed by atoms with Gasteiger partial charge < -0.3 is 0 Å². The second kappa shape index (κ2) is 12.1. The number of allylic oxidation sites excluding steroid dienone is 8. The minimum atomic E-state index is -4.53. The Kier molecular flexibility index (Phi) is 7.58. The first-order chi connectivity index (χ1) is 25.0. The van der Waals surface area contributed by atoms with E-state index < -0.39 is 23.5 Å². The predicted octanol–water partition coefficient (Wildman–Crippen LogP) is 8.89. The highest BCUT2D eigenvalue weighted by molar-refractivity contribution is 6.22. The maximum absolute atomic E-state index is 13.6. The molecule has 0 heterocycles. The normalized spacial score (nSPS) is 17.8. The van der Waals surface area contributed by atoms with E-state index in [1.165, 1.54) is 12.1 Å². The van der Waals surface area contributed by atoms with Crippen molar-refractivity contribution in [1.29, 1.82) is 10.5 Å². The molecule has 0 radical (unpaired) electrons. The van der Waals surface area contributed by atoms with E-state index >= 15 is 0 Å². The Balaban J connectivity index is 1.52. The van der Waals surface area contributed by atoms with E-state index in [4.69, 9.17) is 0 Å². The fraction of sp³-hybridized carbons (Fsp3) is 0.0952. The van der Waals surface area contributed by atoms with Crippen LogP contribution in [0.1, 0.15) is 18.4 Å². The molecule has 0 aliphatic heterocycles. The van der Waals surface area contributed by atoms with Gasteiger partial charge in [0, 0.05) is 26.9 Å². The zero-order chi connectivity index (χ0) is 36.4. The minimum Gasteiger partial charge on any atom is -0.172 e. The number of hydrogen-bond acceptors (Lipinski definition) is 4. The fourth-order valence-corrected chi connectivity index (χ4v) is 7.42. The molecular weight excluding hydrogens is 674 g/mol. The van der Waals surface area contributed by atoms with Crippen LogP contribution < -0.4 is 21.2 Å². The van der Waals surface area contributed by atoms with Crippen LogP contribution in [0.4, 0.5) is 26.3 Å². The molecule has 6 aromatic rings. The summed E-state index contributed by atoms with van der Waals surface area (Å²) in [5.41, 5.74) is 0.677. The van der Waals surface area contributed by atoms with Gasteiger partial charge in [-0.2, -0.15) is 46.9 Å². The van der Waals surface area contributed by atoms with E-state index in [9.17, 15) is 36.9 Å². The molecule has 0 atom stereocenters. The first-order valence-corrected chi connectivity index (χ1v) is 16.1. The van der Waals surface area contributed by atoms with Crippen LogP contribution in [-0.2, 0) is 6.18 Å². The van der Waals surface area contributed by atoms with Crippen LogP contribution >= 0.6 is 0 Å². The maximum Gasteiger partial charge on any atom is 0.416 e. The Morgan fingerprint density at radius 3 is 2.04 bits per heavy atom. The van der Waals surface area contributed by atoms with Crippen molar-refractivity contribution in [2.24, 2.45) is 9.98 Å². The molecule has 0 saturated heterocycles. The van der Waals surface area contributed by atoms with Gasteiger partial charge in [-0.15, -0.1) is 0 Å².